The van der Waals surface area contributed by atoms with Gasteiger partial charge in [0.1, 0.15) is 5.01 Å². The Balaban J connectivity index is 0.00000196. The summed E-state index contributed by atoms with van der Waals surface area (Å²) in [6.45, 7) is 2.38. The van der Waals surface area contributed by atoms with Crippen molar-refractivity contribution in [1.29, 1.82) is 0 Å². The van der Waals surface area contributed by atoms with Crippen LogP contribution in [-0.4, -0.2) is 29.7 Å². The minimum absolute atomic E-state index is 0. The summed E-state index contributed by atoms with van der Waals surface area (Å²) in [5, 5.41) is 14.8. The van der Waals surface area contributed by atoms with Crippen molar-refractivity contribution < 1.29 is 4.79 Å². The van der Waals surface area contributed by atoms with Gasteiger partial charge in [-0.05, 0) is 13.5 Å². The van der Waals surface area contributed by atoms with Crippen molar-refractivity contribution in [3.8, 4) is 0 Å². The van der Waals surface area contributed by atoms with Crippen LogP contribution in [0.4, 0.5) is 5.13 Å². The molecule has 7 heteroatoms. The minimum Gasteiger partial charge on any atom is -0.311 e. The van der Waals surface area contributed by atoms with E-state index >= 15 is 0 Å². The highest BCUT2D eigenvalue weighted by Gasteiger charge is 2.06. The number of nitrogens with zero attached hydrogens (tertiary/aromatic N) is 2. The fourth-order valence-corrected chi connectivity index (χ4v) is 1.80. The monoisotopic (exact) mass is 250 g/mol. The van der Waals surface area contributed by atoms with E-state index in [1.165, 1.54) is 11.3 Å². The van der Waals surface area contributed by atoms with Crippen molar-refractivity contribution in [3.63, 3.8) is 0 Å². The number of carbonyl (C=O) groups excluding carboxylic acids is 1. The highest BCUT2D eigenvalue weighted by Crippen LogP contribution is 2.15. The number of halogens is 1. The minimum atomic E-state index is -0.0910. The normalized spacial score (nSPS) is 9.47. The Kier molecular flexibility index (Phi) is 7.19. The first-order valence-corrected chi connectivity index (χ1v) is 5.34. The number of carbonyl (C=O) groups is 1. The second-order valence-corrected chi connectivity index (χ2v) is 3.89. The molecule has 86 valence electrons. The third kappa shape index (κ3) is 5.06. The number of rotatable bonds is 5. The van der Waals surface area contributed by atoms with Crippen molar-refractivity contribution in [1.82, 2.24) is 15.5 Å². The Morgan fingerprint density at radius 3 is 2.80 bits per heavy atom. The van der Waals surface area contributed by atoms with Crippen molar-refractivity contribution in [3.05, 3.63) is 5.01 Å². The van der Waals surface area contributed by atoms with E-state index in [0.29, 0.717) is 11.7 Å². The summed E-state index contributed by atoms with van der Waals surface area (Å²) in [6, 6.07) is 0. The molecule has 15 heavy (non-hydrogen) atoms. The van der Waals surface area contributed by atoms with Crippen LogP contribution < -0.4 is 10.6 Å². The zero-order chi connectivity index (χ0) is 10.4. The molecule has 0 saturated carbocycles. The molecule has 0 aliphatic carbocycles. The van der Waals surface area contributed by atoms with Crippen LogP contribution in [0.2, 0.25) is 0 Å². The summed E-state index contributed by atoms with van der Waals surface area (Å²) in [6.07, 6.45) is 1.96. The second kappa shape index (κ2) is 7.56. The Morgan fingerprint density at radius 2 is 2.20 bits per heavy atom. The van der Waals surface area contributed by atoms with Crippen molar-refractivity contribution in [2.75, 3.05) is 18.9 Å². The van der Waals surface area contributed by atoms with Gasteiger partial charge in [-0.2, -0.15) is 0 Å². The molecular formula is C8H15ClN4OS. The summed E-state index contributed by atoms with van der Waals surface area (Å²) >= 11 is 1.43. The lowest BCUT2D eigenvalue weighted by Gasteiger charge is -1.97. The maximum Gasteiger partial charge on any atom is 0.240 e. The van der Waals surface area contributed by atoms with Crippen LogP contribution >= 0.6 is 23.7 Å². The summed E-state index contributed by atoms with van der Waals surface area (Å²) < 4.78 is 0. The third-order valence-electron chi connectivity index (χ3n) is 1.51. The average Bonchev–Trinajstić information content (AvgIpc) is 2.53. The molecule has 0 aliphatic rings. The fraction of sp³-hybridized carbons (Fsp3) is 0.625. The van der Waals surface area contributed by atoms with Crippen LogP contribution in [0.15, 0.2) is 0 Å². The molecule has 0 saturated heterocycles. The second-order valence-electron chi connectivity index (χ2n) is 2.83. The van der Waals surface area contributed by atoms with Gasteiger partial charge >= 0.3 is 0 Å². The zero-order valence-electron chi connectivity index (χ0n) is 8.74. The van der Waals surface area contributed by atoms with E-state index in [4.69, 9.17) is 0 Å². The van der Waals surface area contributed by atoms with Gasteiger partial charge in [0.25, 0.3) is 0 Å². The van der Waals surface area contributed by atoms with Gasteiger partial charge in [0.2, 0.25) is 11.0 Å². The first-order valence-electron chi connectivity index (χ1n) is 4.53. The smallest absolute Gasteiger partial charge is 0.240 e. The van der Waals surface area contributed by atoms with Crippen molar-refractivity contribution >= 4 is 34.8 Å². The molecule has 1 heterocycles. The van der Waals surface area contributed by atoms with Gasteiger partial charge in [-0.15, -0.1) is 22.6 Å². The van der Waals surface area contributed by atoms with Gasteiger partial charge in [0.05, 0.1) is 6.54 Å². The Hall–Kier alpha value is -0.720. The van der Waals surface area contributed by atoms with Gasteiger partial charge < -0.3 is 5.32 Å². The first kappa shape index (κ1) is 14.3. The molecule has 5 nitrogen and oxygen atoms in total. The van der Waals surface area contributed by atoms with E-state index in [2.05, 4.69) is 27.8 Å². The van der Waals surface area contributed by atoms with Crippen LogP contribution in [0.3, 0.4) is 0 Å². The predicted molar refractivity (Wildman–Crippen MR) is 63.7 cm³/mol. The van der Waals surface area contributed by atoms with Crippen LogP contribution in [0, 0.1) is 0 Å². The summed E-state index contributed by atoms with van der Waals surface area (Å²) in [4.78, 5) is 11.1. The van der Waals surface area contributed by atoms with Gasteiger partial charge in [-0.25, -0.2) is 0 Å². The predicted octanol–water partition coefficient (Wildman–Crippen LogP) is 1.07. The van der Waals surface area contributed by atoms with E-state index in [0.717, 1.165) is 17.8 Å². The number of hydrogen-bond acceptors (Lipinski definition) is 5. The van der Waals surface area contributed by atoms with Crippen LogP contribution in [0.25, 0.3) is 0 Å². The molecule has 0 radical (unpaired) electrons. The summed E-state index contributed by atoms with van der Waals surface area (Å²) in [7, 11) is 1.72. The topological polar surface area (TPSA) is 66.9 Å². The lowest BCUT2D eigenvalue weighted by Crippen LogP contribution is -2.24. The first-order chi connectivity index (χ1) is 6.76. The van der Waals surface area contributed by atoms with E-state index in [1.807, 2.05) is 0 Å². The highest BCUT2D eigenvalue weighted by molar-refractivity contribution is 7.15. The number of aryl methyl sites for hydroxylation is 1. The summed E-state index contributed by atoms with van der Waals surface area (Å²) in [5.41, 5.74) is 0. The molecule has 1 aromatic heterocycles. The molecular weight excluding hydrogens is 236 g/mol. The van der Waals surface area contributed by atoms with Gasteiger partial charge in [0.15, 0.2) is 0 Å². The number of anilines is 1. The molecule has 0 bridgehead atoms. The molecule has 0 unspecified atom stereocenters. The van der Waals surface area contributed by atoms with Crippen molar-refractivity contribution in [2.45, 2.75) is 19.8 Å². The van der Waals surface area contributed by atoms with Crippen molar-refractivity contribution in [2.24, 2.45) is 0 Å². The highest BCUT2D eigenvalue weighted by atomic mass is 35.5. The zero-order valence-corrected chi connectivity index (χ0v) is 10.4. The molecule has 2 N–H and O–H groups in total. The summed E-state index contributed by atoms with van der Waals surface area (Å²) in [5.74, 6) is -0.0910. The molecule has 0 spiro atoms. The quantitative estimate of drug-likeness (QED) is 0.821. The Labute approximate surface area is 99.1 Å². The number of aromatic nitrogens is 2. The number of nitrogens with one attached hydrogen (secondary N) is 2. The van der Waals surface area contributed by atoms with Gasteiger partial charge in [0, 0.05) is 6.42 Å². The lowest BCUT2D eigenvalue weighted by atomic mass is 10.4. The fourth-order valence-electron chi connectivity index (χ4n) is 0.943. The van der Waals surface area contributed by atoms with E-state index in [-0.39, 0.29) is 18.3 Å². The molecule has 0 fully saturated rings. The van der Waals surface area contributed by atoms with E-state index < -0.39 is 0 Å². The molecule has 0 atom stereocenters. The molecule has 0 aromatic carbocycles. The molecule has 1 amide bonds. The Morgan fingerprint density at radius 1 is 1.47 bits per heavy atom. The van der Waals surface area contributed by atoms with E-state index in [1.54, 1.807) is 7.05 Å². The van der Waals surface area contributed by atoms with Crippen LogP contribution in [0.1, 0.15) is 18.4 Å². The number of likely N-dealkylation sites (N-methyl/N-ethyl adjacent to an activating group) is 1. The van der Waals surface area contributed by atoms with Crippen LogP contribution in [0.5, 0.6) is 0 Å². The van der Waals surface area contributed by atoms with E-state index in [9.17, 15) is 4.79 Å². The number of amides is 1. The maximum atomic E-state index is 11.1. The number of hydrogen-bond donors (Lipinski definition) is 2. The third-order valence-corrected chi connectivity index (χ3v) is 2.41. The largest absolute Gasteiger partial charge is 0.311 e. The standard InChI is InChI=1S/C8H14N4OS.ClH/c1-3-4-7-11-12-8(14-7)10-6(13)5-9-2;/h9H,3-5H2,1-2H3,(H,10,12,13);1H. The SMILES string of the molecule is CCCc1nnc(NC(=O)CNC)s1.Cl. The molecule has 1 rings (SSSR count). The Bertz CT molecular complexity index is 305. The van der Waals surface area contributed by atoms with Crippen LogP contribution in [-0.2, 0) is 11.2 Å². The van der Waals surface area contributed by atoms with Gasteiger partial charge in [-0.1, -0.05) is 18.3 Å². The lowest BCUT2D eigenvalue weighted by molar-refractivity contribution is -0.115. The maximum absolute atomic E-state index is 11.1. The molecule has 0 aliphatic heterocycles. The van der Waals surface area contributed by atoms with Gasteiger partial charge in [-0.3, -0.25) is 10.1 Å². The molecule has 1 aromatic rings. The average molecular weight is 251 g/mol.